The van der Waals surface area contributed by atoms with Gasteiger partial charge in [0.05, 0.1) is 5.39 Å². The summed E-state index contributed by atoms with van der Waals surface area (Å²) >= 11 is 0. The van der Waals surface area contributed by atoms with Gasteiger partial charge in [-0.2, -0.15) is 5.10 Å². The Bertz CT molecular complexity index is 1300. The third-order valence-corrected chi connectivity index (χ3v) is 5.17. The number of benzene rings is 1. The van der Waals surface area contributed by atoms with E-state index >= 15 is 0 Å². The largest absolute Gasteiger partial charge is 0.451 e. The molecule has 156 valence electrons. The zero-order chi connectivity index (χ0) is 21.4. The Morgan fingerprint density at radius 2 is 1.77 bits per heavy atom. The second kappa shape index (κ2) is 7.63. The molecule has 0 radical (unpaired) electrons. The fraction of sp³-hybridized carbons (Fsp3) is 0.190. The summed E-state index contributed by atoms with van der Waals surface area (Å²) in [4.78, 5) is 28.8. The average Bonchev–Trinajstić information content (AvgIpc) is 3.34. The lowest BCUT2D eigenvalue weighted by atomic mass is 10.2. The summed E-state index contributed by atoms with van der Waals surface area (Å²) < 4.78 is 20.6. The van der Waals surface area contributed by atoms with E-state index in [-0.39, 0.29) is 22.6 Å². The maximum atomic E-state index is 13.4. The van der Waals surface area contributed by atoms with Gasteiger partial charge >= 0.3 is 0 Å². The van der Waals surface area contributed by atoms with Crippen molar-refractivity contribution in [2.24, 2.45) is 0 Å². The quantitative estimate of drug-likeness (QED) is 0.499. The van der Waals surface area contributed by atoms with E-state index in [1.165, 1.54) is 12.1 Å². The Morgan fingerprint density at radius 3 is 2.48 bits per heavy atom. The predicted molar refractivity (Wildman–Crippen MR) is 110 cm³/mol. The van der Waals surface area contributed by atoms with E-state index in [2.05, 4.69) is 15.3 Å². The summed E-state index contributed by atoms with van der Waals surface area (Å²) in [5.74, 6) is 0.371. The summed E-state index contributed by atoms with van der Waals surface area (Å²) in [6.45, 7) is 1.99. The first kappa shape index (κ1) is 18.9. The molecule has 0 atom stereocenters. The van der Waals surface area contributed by atoms with E-state index < -0.39 is 11.2 Å². The molecule has 1 fully saturated rings. The van der Waals surface area contributed by atoms with E-state index in [0.717, 1.165) is 12.1 Å². The summed E-state index contributed by atoms with van der Waals surface area (Å²) in [6.07, 6.45) is 3.46. The number of nitrogens with zero attached hydrogens (tertiary/aromatic N) is 6. The van der Waals surface area contributed by atoms with Crippen LogP contribution < -0.4 is 10.3 Å². The fourth-order valence-corrected chi connectivity index (χ4v) is 3.54. The number of amides is 1. The molecule has 0 spiro atoms. The third-order valence-electron chi connectivity index (χ3n) is 5.17. The highest BCUT2D eigenvalue weighted by Gasteiger charge is 2.25. The molecule has 1 saturated heterocycles. The van der Waals surface area contributed by atoms with Crippen molar-refractivity contribution in [3.8, 4) is 5.82 Å². The lowest BCUT2D eigenvalue weighted by molar-refractivity contribution is 0.0715. The van der Waals surface area contributed by atoms with Crippen molar-refractivity contribution in [1.82, 2.24) is 24.9 Å². The van der Waals surface area contributed by atoms with Gasteiger partial charge in [0, 0.05) is 44.6 Å². The number of carbonyl (C=O) groups is 1. The molecular weight excluding hydrogens is 403 g/mol. The highest BCUT2D eigenvalue weighted by molar-refractivity contribution is 5.93. The number of hydrogen-bond donors (Lipinski definition) is 0. The van der Waals surface area contributed by atoms with Crippen molar-refractivity contribution < 1.29 is 13.6 Å². The van der Waals surface area contributed by atoms with Crippen LogP contribution in [0.3, 0.4) is 0 Å². The van der Waals surface area contributed by atoms with Gasteiger partial charge in [0.1, 0.15) is 11.4 Å². The van der Waals surface area contributed by atoms with Crippen LogP contribution in [0.1, 0.15) is 10.6 Å². The van der Waals surface area contributed by atoms with Crippen LogP contribution in [0.25, 0.3) is 16.8 Å². The number of fused-ring (bicyclic) bond motifs is 1. The van der Waals surface area contributed by atoms with E-state index in [1.54, 1.807) is 22.0 Å². The molecule has 5 rings (SSSR count). The summed E-state index contributed by atoms with van der Waals surface area (Å²) in [5.41, 5.74) is -0.265. The molecule has 1 amide bonds. The van der Waals surface area contributed by atoms with E-state index in [0.29, 0.717) is 37.8 Å². The van der Waals surface area contributed by atoms with Gasteiger partial charge in [-0.15, -0.1) is 10.2 Å². The fourth-order valence-electron chi connectivity index (χ4n) is 3.54. The van der Waals surface area contributed by atoms with Gasteiger partial charge in [0.25, 0.3) is 5.91 Å². The minimum Gasteiger partial charge on any atom is -0.451 e. The maximum Gasteiger partial charge on any atom is 0.289 e. The number of rotatable bonds is 3. The number of aromatic nitrogens is 4. The Hall–Kier alpha value is -4.08. The van der Waals surface area contributed by atoms with Crippen molar-refractivity contribution in [3.63, 3.8) is 0 Å². The van der Waals surface area contributed by atoms with Crippen molar-refractivity contribution >= 4 is 22.7 Å². The van der Waals surface area contributed by atoms with Crippen LogP contribution in [0.5, 0.6) is 0 Å². The average molecular weight is 420 g/mol. The Balaban J connectivity index is 1.28. The molecule has 0 N–H and O–H groups in total. The highest BCUT2D eigenvalue weighted by atomic mass is 19.1. The monoisotopic (exact) mass is 420 g/mol. The van der Waals surface area contributed by atoms with Crippen LogP contribution in [-0.4, -0.2) is 57.0 Å². The van der Waals surface area contributed by atoms with Gasteiger partial charge in [-0.3, -0.25) is 9.59 Å². The standard InChI is InChI=1S/C21H17FN6O3/c22-14-2-3-17-15(12-14)16(29)13-18(31-17)21(30)27-10-8-26(9-11-27)19-4-5-20(25-24-19)28-7-1-6-23-28/h1-7,12-13H,8-11H2. The van der Waals surface area contributed by atoms with Crippen LogP contribution in [0.2, 0.25) is 0 Å². The summed E-state index contributed by atoms with van der Waals surface area (Å²) in [6, 6.07) is 10.3. The second-order valence-electron chi connectivity index (χ2n) is 7.09. The second-order valence-corrected chi connectivity index (χ2v) is 7.09. The molecule has 9 nitrogen and oxygen atoms in total. The van der Waals surface area contributed by atoms with E-state index in [4.69, 9.17) is 4.42 Å². The highest BCUT2D eigenvalue weighted by Crippen LogP contribution is 2.18. The lowest BCUT2D eigenvalue weighted by Crippen LogP contribution is -2.49. The van der Waals surface area contributed by atoms with Gasteiger partial charge in [0.2, 0.25) is 0 Å². The predicted octanol–water partition coefficient (Wildman–Crippen LogP) is 1.87. The molecule has 1 aliphatic rings. The molecule has 1 aliphatic heterocycles. The zero-order valence-corrected chi connectivity index (χ0v) is 16.3. The SMILES string of the molecule is O=C(c1cc(=O)c2cc(F)ccc2o1)N1CCN(c2ccc(-n3cccn3)nn2)CC1. The summed E-state index contributed by atoms with van der Waals surface area (Å²) in [5, 5.41) is 12.7. The molecule has 0 saturated carbocycles. The van der Waals surface area contributed by atoms with E-state index in [1.807, 2.05) is 23.1 Å². The van der Waals surface area contributed by atoms with Crippen molar-refractivity contribution in [2.45, 2.75) is 0 Å². The van der Waals surface area contributed by atoms with Gasteiger partial charge < -0.3 is 14.2 Å². The van der Waals surface area contributed by atoms with Crippen molar-refractivity contribution in [3.05, 3.63) is 76.7 Å². The third kappa shape index (κ3) is 3.63. The first-order valence-corrected chi connectivity index (χ1v) is 9.70. The number of piperazine rings is 1. The Kier molecular flexibility index (Phi) is 4.66. The van der Waals surface area contributed by atoms with Crippen LogP contribution >= 0.6 is 0 Å². The Morgan fingerprint density at radius 1 is 1.00 bits per heavy atom. The van der Waals surface area contributed by atoms with E-state index in [9.17, 15) is 14.0 Å². The van der Waals surface area contributed by atoms with Crippen molar-refractivity contribution in [2.75, 3.05) is 31.1 Å². The molecule has 0 bridgehead atoms. The van der Waals surface area contributed by atoms with Crippen LogP contribution in [-0.2, 0) is 0 Å². The lowest BCUT2D eigenvalue weighted by Gasteiger charge is -2.34. The number of halogens is 1. The van der Waals surface area contributed by atoms with Gasteiger partial charge in [-0.25, -0.2) is 9.07 Å². The minimum absolute atomic E-state index is 0.0547. The number of carbonyl (C=O) groups excluding carboxylic acids is 1. The van der Waals surface area contributed by atoms with Crippen molar-refractivity contribution in [1.29, 1.82) is 0 Å². The smallest absolute Gasteiger partial charge is 0.289 e. The molecule has 1 aromatic carbocycles. The number of anilines is 1. The number of hydrogen-bond acceptors (Lipinski definition) is 7. The van der Waals surface area contributed by atoms with Gasteiger partial charge in [-0.05, 0) is 36.4 Å². The molecule has 3 aromatic heterocycles. The first-order valence-electron chi connectivity index (χ1n) is 9.70. The van der Waals surface area contributed by atoms with Gasteiger partial charge in [-0.1, -0.05) is 0 Å². The first-order chi connectivity index (χ1) is 15.1. The van der Waals surface area contributed by atoms with Crippen LogP contribution in [0, 0.1) is 5.82 Å². The topological polar surface area (TPSA) is 97.4 Å². The molecule has 4 aromatic rings. The molecule has 31 heavy (non-hydrogen) atoms. The minimum atomic E-state index is -0.532. The molecule has 0 unspecified atom stereocenters. The van der Waals surface area contributed by atoms with Gasteiger partial charge in [0.15, 0.2) is 22.8 Å². The molecule has 10 heteroatoms. The maximum absolute atomic E-state index is 13.4. The molecular formula is C21H17FN6O3. The normalized spacial score (nSPS) is 14.2. The molecule has 4 heterocycles. The Labute approximate surface area is 175 Å². The van der Waals surface area contributed by atoms with Crippen LogP contribution in [0.15, 0.2) is 64.1 Å². The van der Waals surface area contributed by atoms with Crippen LogP contribution in [0.4, 0.5) is 10.2 Å². The zero-order valence-electron chi connectivity index (χ0n) is 16.3. The molecule has 0 aliphatic carbocycles. The summed E-state index contributed by atoms with van der Waals surface area (Å²) in [7, 11) is 0.